The maximum atomic E-state index is 12.8. The third-order valence-corrected chi connectivity index (χ3v) is 5.38. The Labute approximate surface area is 167 Å². The first-order chi connectivity index (χ1) is 14.2. The first-order valence-electron chi connectivity index (χ1n) is 9.65. The number of rotatable bonds is 3. The van der Waals surface area contributed by atoms with Gasteiger partial charge >= 0.3 is 0 Å². The number of benzene rings is 2. The molecule has 146 valence electrons. The molecule has 0 fully saturated rings. The van der Waals surface area contributed by atoms with Gasteiger partial charge in [0, 0.05) is 42.0 Å². The molecule has 2 amide bonds. The molecule has 3 aromatic rings. The molecule has 2 aliphatic rings. The highest BCUT2D eigenvalue weighted by Crippen LogP contribution is 2.32. The number of carbonyl (C=O) groups is 2. The van der Waals surface area contributed by atoms with Crippen LogP contribution in [0.5, 0.6) is 5.75 Å². The first kappa shape index (κ1) is 17.5. The molecule has 2 N–H and O–H groups in total. The van der Waals surface area contributed by atoms with Gasteiger partial charge in [0.2, 0.25) is 5.91 Å². The number of ether oxygens (including phenoxy) is 1. The smallest absolute Gasteiger partial charge is 0.262 e. The van der Waals surface area contributed by atoms with Gasteiger partial charge in [0.05, 0.1) is 5.69 Å². The van der Waals surface area contributed by atoms with E-state index in [9.17, 15) is 9.59 Å². The lowest BCUT2D eigenvalue weighted by Crippen LogP contribution is -2.30. The zero-order chi connectivity index (χ0) is 19.8. The molecule has 3 heterocycles. The minimum Gasteiger partial charge on any atom is -0.482 e. The van der Waals surface area contributed by atoms with Crippen molar-refractivity contribution in [2.24, 2.45) is 5.92 Å². The lowest BCUT2D eigenvalue weighted by molar-refractivity contribution is -0.120. The van der Waals surface area contributed by atoms with Crippen LogP contribution in [0.1, 0.15) is 12.1 Å². The average molecular weight is 388 g/mol. The van der Waals surface area contributed by atoms with Gasteiger partial charge in [-0.2, -0.15) is 0 Å². The molecule has 2 aliphatic heterocycles. The van der Waals surface area contributed by atoms with Crippen molar-refractivity contribution in [1.29, 1.82) is 0 Å². The number of carbonyl (C=O) groups excluding carboxylic acids is 2. The van der Waals surface area contributed by atoms with Crippen LogP contribution in [0.2, 0.25) is 0 Å². The molecule has 0 saturated carbocycles. The second-order valence-corrected chi connectivity index (χ2v) is 7.32. The van der Waals surface area contributed by atoms with Gasteiger partial charge in [-0.25, -0.2) is 4.98 Å². The predicted octanol–water partition coefficient (Wildman–Crippen LogP) is 3.08. The summed E-state index contributed by atoms with van der Waals surface area (Å²) in [4.78, 5) is 28.9. The summed E-state index contributed by atoms with van der Waals surface area (Å²) in [7, 11) is 0. The van der Waals surface area contributed by atoms with Crippen LogP contribution < -0.4 is 15.4 Å². The van der Waals surface area contributed by atoms with E-state index in [2.05, 4.69) is 20.2 Å². The summed E-state index contributed by atoms with van der Waals surface area (Å²) >= 11 is 0. The van der Waals surface area contributed by atoms with Crippen LogP contribution in [0.3, 0.4) is 0 Å². The Morgan fingerprint density at radius 1 is 1.21 bits per heavy atom. The number of nitrogens with zero attached hydrogens (tertiary/aromatic N) is 2. The van der Waals surface area contributed by atoms with Crippen LogP contribution >= 0.6 is 0 Å². The van der Waals surface area contributed by atoms with E-state index in [1.165, 1.54) is 0 Å². The fourth-order valence-electron chi connectivity index (χ4n) is 3.91. The fraction of sp³-hybridized carbons (Fsp3) is 0.227. The molecule has 2 aromatic carbocycles. The molecule has 7 heteroatoms. The van der Waals surface area contributed by atoms with Crippen molar-refractivity contribution >= 4 is 23.2 Å². The van der Waals surface area contributed by atoms with Crippen LogP contribution in [0.4, 0.5) is 11.4 Å². The van der Waals surface area contributed by atoms with Gasteiger partial charge in [0.25, 0.3) is 5.91 Å². The number of hydrogen-bond donors (Lipinski definition) is 2. The molecule has 0 bridgehead atoms. The molecule has 29 heavy (non-hydrogen) atoms. The molecule has 7 nitrogen and oxygen atoms in total. The molecule has 5 rings (SSSR count). The van der Waals surface area contributed by atoms with Crippen molar-refractivity contribution in [3.8, 4) is 17.1 Å². The molecule has 0 saturated heterocycles. The molecule has 0 radical (unpaired) electrons. The highest BCUT2D eigenvalue weighted by Gasteiger charge is 2.27. The zero-order valence-electron chi connectivity index (χ0n) is 15.7. The fourth-order valence-corrected chi connectivity index (χ4v) is 3.91. The van der Waals surface area contributed by atoms with Gasteiger partial charge in [0.15, 0.2) is 6.61 Å². The summed E-state index contributed by atoms with van der Waals surface area (Å²) in [6.07, 6.45) is 3.27. The van der Waals surface area contributed by atoms with E-state index in [0.29, 0.717) is 23.5 Å². The van der Waals surface area contributed by atoms with E-state index in [0.717, 1.165) is 30.0 Å². The predicted molar refractivity (Wildman–Crippen MR) is 109 cm³/mol. The van der Waals surface area contributed by atoms with Gasteiger partial charge in [-0.15, -0.1) is 0 Å². The lowest BCUT2D eigenvalue weighted by Gasteiger charge is -2.25. The lowest BCUT2D eigenvalue weighted by atomic mass is 9.95. The summed E-state index contributed by atoms with van der Waals surface area (Å²) < 4.78 is 7.55. The van der Waals surface area contributed by atoms with Crippen LogP contribution in [-0.2, 0) is 22.6 Å². The van der Waals surface area contributed by atoms with E-state index in [4.69, 9.17) is 4.74 Å². The van der Waals surface area contributed by atoms with Crippen LogP contribution in [-0.4, -0.2) is 28.0 Å². The van der Waals surface area contributed by atoms with E-state index in [1.54, 1.807) is 18.2 Å². The molecule has 0 spiro atoms. The monoisotopic (exact) mass is 388 g/mol. The Morgan fingerprint density at radius 3 is 2.93 bits per heavy atom. The zero-order valence-corrected chi connectivity index (χ0v) is 15.7. The van der Waals surface area contributed by atoms with Crippen molar-refractivity contribution in [1.82, 2.24) is 9.55 Å². The van der Waals surface area contributed by atoms with Gasteiger partial charge in [-0.1, -0.05) is 30.3 Å². The topological polar surface area (TPSA) is 85.2 Å². The molecule has 1 aromatic heterocycles. The van der Waals surface area contributed by atoms with Crippen molar-refractivity contribution < 1.29 is 14.3 Å². The van der Waals surface area contributed by atoms with Gasteiger partial charge in [-0.3, -0.25) is 9.59 Å². The SMILES string of the molecule is O=C1COc2ccc(NC(=O)C3CCn4c(cnc4-c4ccccc4)C3)cc2N1. The maximum absolute atomic E-state index is 12.8. The average Bonchev–Trinajstić information content (AvgIpc) is 3.17. The second-order valence-electron chi connectivity index (χ2n) is 7.32. The van der Waals surface area contributed by atoms with Gasteiger partial charge in [-0.05, 0) is 24.6 Å². The van der Waals surface area contributed by atoms with E-state index in [1.807, 2.05) is 36.5 Å². The Kier molecular flexibility index (Phi) is 4.27. The standard InChI is InChI=1S/C22H20N4O3/c27-20-13-29-19-7-6-16(11-18(19)25-20)24-22(28)15-8-9-26-17(10-15)12-23-21(26)14-4-2-1-3-5-14/h1-7,11-12,15H,8-10,13H2,(H,24,28)(H,25,27). The normalized spacial score (nSPS) is 17.5. The van der Waals surface area contributed by atoms with Gasteiger partial charge < -0.3 is 19.9 Å². The van der Waals surface area contributed by atoms with Crippen molar-refractivity contribution in [2.75, 3.05) is 17.2 Å². The second kappa shape index (κ2) is 7.09. The van der Waals surface area contributed by atoms with E-state index >= 15 is 0 Å². The summed E-state index contributed by atoms with van der Waals surface area (Å²) in [6, 6.07) is 15.4. The number of imidazole rings is 1. The number of hydrogen-bond acceptors (Lipinski definition) is 4. The minimum atomic E-state index is -0.198. The third kappa shape index (κ3) is 3.35. The largest absolute Gasteiger partial charge is 0.482 e. The quantitative estimate of drug-likeness (QED) is 0.722. The van der Waals surface area contributed by atoms with Crippen LogP contribution in [0.15, 0.2) is 54.7 Å². The third-order valence-electron chi connectivity index (χ3n) is 5.38. The Morgan fingerprint density at radius 2 is 2.07 bits per heavy atom. The Balaban J connectivity index is 1.30. The first-order valence-corrected chi connectivity index (χ1v) is 9.65. The van der Waals surface area contributed by atoms with E-state index in [-0.39, 0.29) is 24.3 Å². The highest BCUT2D eigenvalue weighted by atomic mass is 16.5. The summed E-state index contributed by atoms with van der Waals surface area (Å²) in [6.45, 7) is 0.769. The summed E-state index contributed by atoms with van der Waals surface area (Å²) in [5.41, 5.74) is 3.37. The number of nitrogens with one attached hydrogen (secondary N) is 2. The van der Waals surface area contributed by atoms with Crippen molar-refractivity contribution in [2.45, 2.75) is 19.4 Å². The number of amides is 2. The van der Waals surface area contributed by atoms with Gasteiger partial charge in [0.1, 0.15) is 11.6 Å². The molecule has 0 aliphatic carbocycles. The Bertz CT molecular complexity index is 1090. The summed E-state index contributed by atoms with van der Waals surface area (Å²) in [5, 5.41) is 5.73. The highest BCUT2D eigenvalue weighted by molar-refractivity contribution is 5.98. The van der Waals surface area contributed by atoms with Crippen LogP contribution in [0, 0.1) is 5.92 Å². The molecule has 1 unspecified atom stereocenters. The maximum Gasteiger partial charge on any atom is 0.262 e. The number of anilines is 2. The molecule has 1 atom stereocenters. The van der Waals surface area contributed by atoms with Crippen molar-refractivity contribution in [3.05, 3.63) is 60.4 Å². The Hall–Kier alpha value is -3.61. The van der Waals surface area contributed by atoms with E-state index < -0.39 is 0 Å². The number of aromatic nitrogens is 2. The van der Waals surface area contributed by atoms with Crippen LogP contribution in [0.25, 0.3) is 11.4 Å². The summed E-state index contributed by atoms with van der Waals surface area (Å²) in [5.74, 6) is 1.21. The molecular weight excluding hydrogens is 368 g/mol. The molecular formula is C22H20N4O3. The van der Waals surface area contributed by atoms with Crippen molar-refractivity contribution in [3.63, 3.8) is 0 Å². The number of fused-ring (bicyclic) bond motifs is 2. The minimum absolute atomic E-state index is 0.0133.